The number of aliphatic hydroxyl groups is 3. The SMILES string of the molecule is CCCCCC/C=C\CCCCCCCC(=O)OC(COC(=O)CCCCCCCCCCC/C=C\C/C=C\CCCCCCC)COC1OC(C(=O)O)C(O)C(O)C1O. The Hall–Kier alpha value is -2.57. The van der Waals surface area contributed by atoms with Crippen LogP contribution in [0.25, 0.3) is 0 Å². The van der Waals surface area contributed by atoms with E-state index in [2.05, 4.69) is 50.3 Å². The molecule has 0 spiro atoms. The lowest BCUT2D eigenvalue weighted by Crippen LogP contribution is -2.60. The number of carboxylic acid groups (broad SMARTS) is 1. The molecule has 11 heteroatoms. The summed E-state index contributed by atoms with van der Waals surface area (Å²) in [6.07, 6.45) is 36.2. The number of carboxylic acids is 1. The van der Waals surface area contributed by atoms with Crippen LogP contribution in [0.15, 0.2) is 36.5 Å². The Labute approximate surface area is 363 Å². The molecule has 1 aliphatic heterocycles. The summed E-state index contributed by atoms with van der Waals surface area (Å²) < 4.78 is 21.7. The second-order valence-corrected chi connectivity index (χ2v) is 16.6. The topological polar surface area (TPSA) is 169 Å². The number of aliphatic hydroxyl groups excluding tert-OH is 3. The Bertz CT molecular complexity index is 1140. The minimum atomic E-state index is -1.86. The molecule has 0 aromatic heterocycles. The van der Waals surface area contributed by atoms with E-state index in [1.807, 2.05) is 0 Å². The smallest absolute Gasteiger partial charge is 0.335 e. The summed E-state index contributed by atoms with van der Waals surface area (Å²) in [6.45, 7) is 3.78. The Morgan fingerprint density at radius 2 is 0.933 bits per heavy atom. The second-order valence-electron chi connectivity index (χ2n) is 16.6. The molecule has 1 saturated heterocycles. The zero-order chi connectivity index (χ0) is 43.9. The molecule has 60 heavy (non-hydrogen) atoms. The molecule has 0 amide bonds. The van der Waals surface area contributed by atoms with Crippen LogP contribution in [0, 0.1) is 0 Å². The fourth-order valence-corrected chi connectivity index (χ4v) is 7.14. The minimum Gasteiger partial charge on any atom is -0.479 e. The Balaban J connectivity index is 2.31. The molecule has 1 aliphatic rings. The van der Waals surface area contributed by atoms with E-state index in [9.17, 15) is 34.8 Å². The predicted molar refractivity (Wildman–Crippen MR) is 238 cm³/mol. The van der Waals surface area contributed by atoms with Crippen molar-refractivity contribution in [2.45, 2.75) is 243 Å². The molecular weight excluding hydrogens is 765 g/mol. The number of carbonyl (C=O) groups is 3. The summed E-state index contributed by atoms with van der Waals surface area (Å²) >= 11 is 0. The fourth-order valence-electron chi connectivity index (χ4n) is 7.14. The number of aliphatic carboxylic acids is 1. The van der Waals surface area contributed by atoms with E-state index in [0.717, 1.165) is 70.6 Å². The molecule has 4 N–H and O–H groups in total. The average Bonchev–Trinajstić information content (AvgIpc) is 3.23. The third-order valence-electron chi connectivity index (χ3n) is 11.0. The van der Waals surface area contributed by atoms with Crippen LogP contribution in [-0.4, -0.2) is 88.4 Å². The third kappa shape index (κ3) is 30.5. The minimum absolute atomic E-state index is 0.172. The van der Waals surface area contributed by atoms with Gasteiger partial charge in [-0.3, -0.25) is 9.59 Å². The van der Waals surface area contributed by atoms with Gasteiger partial charge in [0.15, 0.2) is 18.5 Å². The normalized spacial score (nSPS) is 20.1. The van der Waals surface area contributed by atoms with Crippen molar-refractivity contribution < 1.29 is 53.8 Å². The van der Waals surface area contributed by atoms with E-state index in [1.165, 1.54) is 96.3 Å². The van der Waals surface area contributed by atoms with Crippen molar-refractivity contribution in [2.75, 3.05) is 13.2 Å². The van der Waals surface area contributed by atoms with E-state index in [-0.39, 0.29) is 19.4 Å². The first-order valence-electron chi connectivity index (χ1n) is 24.0. The molecular formula is C49H86O11. The summed E-state index contributed by atoms with van der Waals surface area (Å²) in [5.41, 5.74) is 0. The molecule has 0 bridgehead atoms. The van der Waals surface area contributed by atoms with Gasteiger partial charge in [0.1, 0.15) is 24.9 Å². The van der Waals surface area contributed by atoms with Crippen LogP contribution in [-0.2, 0) is 33.3 Å². The molecule has 6 unspecified atom stereocenters. The molecule has 0 aromatic rings. The van der Waals surface area contributed by atoms with E-state index in [4.69, 9.17) is 18.9 Å². The lowest BCUT2D eigenvalue weighted by atomic mass is 9.99. The van der Waals surface area contributed by atoms with Gasteiger partial charge in [0.05, 0.1) is 6.61 Å². The molecule has 1 rings (SSSR count). The maximum Gasteiger partial charge on any atom is 0.335 e. The molecule has 0 aromatic carbocycles. The Kier molecular flexibility index (Phi) is 36.3. The van der Waals surface area contributed by atoms with Gasteiger partial charge in [-0.25, -0.2) is 4.79 Å². The van der Waals surface area contributed by atoms with Gasteiger partial charge >= 0.3 is 17.9 Å². The number of ether oxygens (including phenoxy) is 4. The monoisotopic (exact) mass is 851 g/mol. The van der Waals surface area contributed by atoms with Crippen LogP contribution in [0.3, 0.4) is 0 Å². The summed E-state index contributed by atoms with van der Waals surface area (Å²) in [6, 6.07) is 0. The average molecular weight is 851 g/mol. The zero-order valence-corrected chi connectivity index (χ0v) is 37.7. The van der Waals surface area contributed by atoms with Crippen LogP contribution in [0.2, 0.25) is 0 Å². The first-order chi connectivity index (χ1) is 29.2. The highest BCUT2D eigenvalue weighted by Crippen LogP contribution is 2.23. The molecule has 0 saturated carbocycles. The van der Waals surface area contributed by atoms with Crippen LogP contribution in [0.1, 0.15) is 206 Å². The largest absolute Gasteiger partial charge is 0.479 e. The van der Waals surface area contributed by atoms with Gasteiger partial charge in [-0.15, -0.1) is 0 Å². The van der Waals surface area contributed by atoms with E-state index in [1.54, 1.807) is 0 Å². The van der Waals surface area contributed by atoms with E-state index < -0.39 is 61.3 Å². The van der Waals surface area contributed by atoms with Crippen LogP contribution < -0.4 is 0 Å². The van der Waals surface area contributed by atoms with Crippen LogP contribution in [0.5, 0.6) is 0 Å². The van der Waals surface area contributed by atoms with Gasteiger partial charge in [0.2, 0.25) is 0 Å². The van der Waals surface area contributed by atoms with Gasteiger partial charge in [0.25, 0.3) is 0 Å². The van der Waals surface area contributed by atoms with Crippen molar-refractivity contribution in [3.8, 4) is 0 Å². The van der Waals surface area contributed by atoms with Crippen molar-refractivity contribution in [2.24, 2.45) is 0 Å². The van der Waals surface area contributed by atoms with Crippen molar-refractivity contribution in [3.05, 3.63) is 36.5 Å². The zero-order valence-electron chi connectivity index (χ0n) is 37.7. The van der Waals surface area contributed by atoms with Gasteiger partial charge in [-0.05, 0) is 70.6 Å². The standard InChI is InChI=1S/C49H86O11/c1-3-5-7-9-11-13-15-17-18-19-20-21-22-23-24-26-27-29-31-33-35-37-42(50)57-39-41(40-58-49-46(54)44(52)45(53)47(60-49)48(55)56)59-43(51)38-36-34-32-30-28-25-16-14-12-10-8-6-4-2/h14-17,19-20,41,44-47,49,52-54H,3-13,18,21-40H2,1-2H3,(H,55,56)/b16-14-,17-15-,20-19-. The van der Waals surface area contributed by atoms with Crippen LogP contribution in [0.4, 0.5) is 0 Å². The highest BCUT2D eigenvalue weighted by atomic mass is 16.7. The van der Waals surface area contributed by atoms with Crippen LogP contribution >= 0.6 is 0 Å². The first-order valence-corrected chi connectivity index (χ1v) is 24.0. The maximum absolute atomic E-state index is 12.8. The van der Waals surface area contributed by atoms with Gasteiger partial charge < -0.3 is 39.4 Å². The number of rotatable bonds is 40. The number of hydrogen-bond acceptors (Lipinski definition) is 10. The van der Waals surface area contributed by atoms with E-state index in [0.29, 0.717) is 12.8 Å². The fraction of sp³-hybridized carbons (Fsp3) is 0.816. The molecule has 11 nitrogen and oxygen atoms in total. The predicted octanol–water partition coefficient (Wildman–Crippen LogP) is 10.8. The molecule has 1 fully saturated rings. The number of allylic oxidation sites excluding steroid dienone is 6. The van der Waals surface area contributed by atoms with Crippen molar-refractivity contribution in [1.82, 2.24) is 0 Å². The Morgan fingerprint density at radius 3 is 1.42 bits per heavy atom. The van der Waals surface area contributed by atoms with Gasteiger partial charge in [-0.2, -0.15) is 0 Å². The molecule has 6 atom stereocenters. The number of carbonyl (C=O) groups excluding carboxylic acids is 2. The highest BCUT2D eigenvalue weighted by Gasteiger charge is 2.47. The van der Waals surface area contributed by atoms with Gasteiger partial charge in [-0.1, -0.05) is 159 Å². The number of hydrogen-bond donors (Lipinski definition) is 4. The number of esters is 2. The highest BCUT2D eigenvalue weighted by molar-refractivity contribution is 5.73. The lowest BCUT2D eigenvalue weighted by Gasteiger charge is -2.38. The molecule has 0 radical (unpaired) electrons. The summed E-state index contributed by atoms with van der Waals surface area (Å²) in [5, 5.41) is 39.8. The van der Waals surface area contributed by atoms with Crippen molar-refractivity contribution in [1.29, 1.82) is 0 Å². The summed E-state index contributed by atoms with van der Waals surface area (Å²) in [4.78, 5) is 36.9. The van der Waals surface area contributed by atoms with E-state index >= 15 is 0 Å². The maximum atomic E-state index is 12.8. The lowest BCUT2D eigenvalue weighted by molar-refractivity contribution is -0.298. The summed E-state index contributed by atoms with van der Waals surface area (Å²) in [5.74, 6) is -2.46. The van der Waals surface area contributed by atoms with Crippen molar-refractivity contribution >= 4 is 17.9 Å². The number of unbranched alkanes of at least 4 members (excludes halogenated alkanes) is 23. The quantitative estimate of drug-likeness (QED) is 0.0263. The summed E-state index contributed by atoms with van der Waals surface area (Å²) in [7, 11) is 0. The second kappa shape index (κ2) is 39.3. The van der Waals surface area contributed by atoms with Crippen molar-refractivity contribution in [3.63, 3.8) is 0 Å². The molecule has 348 valence electrons. The first kappa shape index (κ1) is 55.4. The third-order valence-corrected chi connectivity index (χ3v) is 11.0. The molecule has 1 heterocycles. The Morgan fingerprint density at radius 1 is 0.517 bits per heavy atom. The van der Waals surface area contributed by atoms with Gasteiger partial charge in [0, 0.05) is 12.8 Å². The molecule has 0 aliphatic carbocycles.